The predicted octanol–water partition coefficient (Wildman–Crippen LogP) is 2.24. The summed E-state index contributed by atoms with van der Waals surface area (Å²) in [6.07, 6.45) is 1.60. The molecule has 0 fully saturated rings. The van der Waals surface area contributed by atoms with Crippen molar-refractivity contribution in [1.29, 1.82) is 0 Å². The molecular formula is C13H17ClN6. The molecule has 2 aromatic rings. The molecule has 0 amide bonds. The quantitative estimate of drug-likeness (QED) is 0.851. The van der Waals surface area contributed by atoms with Gasteiger partial charge in [-0.1, -0.05) is 11.6 Å². The van der Waals surface area contributed by atoms with E-state index < -0.39 is 0 Å². The topological polar surface area (TPSA) is 66.0 Å². The molecule has 0 aliphatic heterocycles. The molecule has 0 bridgehead atoms. The van der Waals surface area contributed by atoms with E-state index in [-0.39, 0.29) is 0 Å². The maximum Gasteiger partial charge on any atom is 0.249 e. The highest BCUT2D eigenvalue weighted by Crippen LogP contribution is 2.16. The van der Waals surface area contributed by atoms with E-state index >= 15 is 0 Å². The van der Waals surface area contributed by atoms with E-state index in [0.29, 0.717) is 16.8 Å². The van der Waals surface area contributed by atoms with Crippen LogP contribution in [0.2, 0.25) is 5.02 Å². The van der Waals surface area contributed by atoms with E-state index in [1.54, 1.807) is 18.3 Å². The van der Waals surface area contributed by atoms with E-state index in [9.17, 15) is 0 Å². The molecule has 2 rings (SSSR count). The van der Waals surface area contributed by atoms with E-state index in [0.717, 1.165) is 18.8 Å². The molecule has 0 atom stereocenters. The molecular weight excluding hydrogens is 276 g/mol. The number of anilines is 3. The van der Waals surface area contributed by atoms with Gasteiger partial charge in [-0.3, -0.25) is 0 Å². The van der Waals surface area contributed by atoms with Crippen molar-refractivity contribution in [2.24, 2.45) is 0 Å². The second-order valence-electron chi connectivity index (χ2n) is 4.53. The highest BCUT2D eigenvalue weighted by molar-refractivity contribution is 6.30. The third-order valence-electron chi connectivity index (χ3n) is 2.52. The van der Waals surface area contributed by atoms with Gasteiger partial charge >= 0.3 is 0 Å². The van der Waals surface area contributed by atoms with Crippen LogP contribution in [-0.4, -0.2) is 47.3 Å². The number of benzene rings is 1. The first kappa shape index (κ1) is 14.5. The van der Waals surface area contributed by atoms with Crippen LogP contribution in [0, 0.1) is 0 Å². The molecule has 0 spiro atoms. The lowest BCUT2D eigenvalue weighted by atomic mass is 10.3. The number of aromatic nitrogens is 3. The SMILES string of the molecule is CN(C)CCNc1cnnc(Nc2ccc(Cl)cc2)n1. The summed E-state index contributed by atoms with van der Waals surface area (Å²) in [7, 11) is 4.04. The first-order valence-corrected chi connectivity index (χ1v) is 6.62. The van der Waals surface area contributed by atoms with Gasteiger partial charge in [0.15, 0.2) is 5.82 Å². The molecule has 7 heteroatoms. The number of halogens is 1. The molecule has 1 heterocycles. The Balaban J connectivity index is 1.96. The monoisotopic (exact) mass is 292 g/mol. The average molecular weight is 293 g/mol. The normalized spacial score (nSPS) is 10.6. The van der Waals surface area contributed by atoms with Gasteiger partial charge in [0.2, 0.25) is 5.95 Å². The largest absolute Gasteiger partial charge is 0.367 e. The number of nitrogens with zero attached hydrogens (tertiary/aromatic N) is 4. The van der Waals surface area contributed by atoms with Crippen molar-refractivity contribution in [2.75, 3.05) is 37.8 Å². The fourth-order valence-electron chi connectivity index (χ4n) is 1.51. The van der Waals surface area contributed by atoms with Gasteiger partial charge in [-0.2, -0.15) is 10.1 Å². The number of rotatable bonds is 6. The zero-order valence-electron chi connectivity index (χ0n) is 11.5. The highest BCUT2D eigenvalue weighted by atomic mass is 35.5. The Morgan fingerprint density at radius 1 is 1.20 bits per heavy atom. The molecule has 0 aliphatic rings. The second kappa shape index (κ2) is 7.02. The van der Waals surface area contributed by atoms with Crippen LogP contribution in [0.4, 0.5) is 17.5 Å². The standard InChI is InChI=1S/C13H17ClN6/c1-20(2)8-7-15-12-9-16-19-13(18-12)17-11-5-3-10(14)4-6-11/h3-6,9H,7-8H2,1-2H3,(H2,15,17,18,19). The van der Waals surface area contributed by atoms with Gasteiger partial charge in [0, 0.05) is 23.8 Å². The van der Waals surface area contributed by atoms with Crippen LogP contribution in [0.15, 0.2) is 30.5 Å². The summed E-state index contributed by atoms with van der Waals surface area (Å²) in [5.41, 5.74) is 0.863. The van der Waals surface area contributed by atoms with Crippen molar-refractivity contribution in [3.63, 3.8) is 0 Å². The van der Waals surface area contributed by atoms with Gasteiger partial charge in [0.05, 0.1) is 6.20 Å². The summed E-state index contributed by atoms with van der Waals surface area (Å²) in [5.74, 6) is 1.14. The van der Waals surface area contributed by atoms with Crippen LogP contribution >= 0.6 is 11.6 Å². The molecule has 106 valence electrons. The Labute approximate surface area is 123 Å². The molecule has 0 aliphatic carbocycles. The molecule has 0 saturated heterocycles. The zero-order valence-corrected chi connectivity index (χ0v) is 12.2. The fourth-order valence-corrected chi connectivity index (χ4v) is 1.64. The van der Waals surface area contributed by atoms with E-state index in [2.05, 4.69) is 30.7 Å². The summed E-state index contributed by atoms with van der Waals surface area (Å²) in [5, 5.41) is 14.8. The lowest BCUT2D eigenvalue weighted by molar-refractivity contribution is 0.425. The molecule has 0 radical (unpaired) electrons. The van der Waals surface area contributed by atoms with Crippen LogP contribution in [0.1, 0.15) is 0 Å². The van der Waals surface area contributed by atoms with Crippen molar-refractivity contribution in [2.45, 2.75) is 0 Å². The first-order valence-electron chi connectivity index (χ1n) is 6.24. The number of nitrogens with one attached hydrogen (secondary N) is 2. The Kier molecular flexibility index (Phi) is 5.09. The van der Waals surface area contributed by atoms with Crippen LogP contribution < -0.4 is 10.6 Å². The van der Waals surface area contributed by atoms with Gasteiger partial charge in [-0.05, 0) is 38.4 Å². The summed E-state index contributed by atoms with van der Waals surface area (Å²) in [4.78, 5) is 6.43. The lowest BCUT2D eigenvalue weighted by Gasteiger charge is -2.11. The van der Waals surface area contributed by atoms with Crippen LogP contribution in [0.25, 0.3) is 0 Å². The Hall–Kier alpha value is -1.92. The molecule has 6 nitrogen and oxygen atoms in total. The van der Waals surface area contributed by atoms with Crippen molar-refractivity contribution < 1.29 is 0 Å². The molecule has 0 saturated carbocycles. The zero-order chi connectivity index (χ0) is 14.4. The van der Waals surface area contributed by atoms with Crippen molar-refractivity contribution in [3.05, 3.63) is 35.5 Å². The van der Waals surface area contributed by atoms with Crippen LogP contribution in [-0.2, 0) is 0 Å². The minimum absolute atomic E-state index is 0.446. The van der Waals surface area contributed by atoms with Crippen molar-refractivity contribution in [3.8, 4) is 0 Å². The minimum Gasteiger partial charge on any atom is -0.367 e. The number of hydrogen-bond acceptors (Lipinski definition) is 6. The Morgan fingerprint density at radius 3 is 2.65 bits per heavy atom. The van der Waals surface area contributed by atoms with Crippen LogP contribution in [0.3, 0.4) is 0 Å². The lowest BCUT2D eigenvalue weighted by Crippen LogP contribution is -2.21. The summed E-state index contributed by atoms with van der Waals surface area (Å²) >= 11 is 5.84. The van der Waals surface area contributed by atoms with E-state index in [1.165, 1.54) is 0 Å². The molecule has 1 aromatic heterocycles. The highest BCUT2D eigenvalue weighted by Gasteiger charge is 2.01. The van der Waals surface area contributed by atoms with Gasteiger partial charge < -0.3 is 15.5 Å². The van der Waals surface area contributed by atoms with Gasteiger partial charge in [-0.15, -0.1) is 5.10 Å². The molecule has 2 N–H and O–H groups in total. The maximum atomic E-state index is 5.84. The summed E-state index contributed by atoms with van der Waals surface area (Å²) in [6, 6.07) is 7.32. The van der Waals surface area contributed by atoms with E-state index in [1.807, 2.05) is 26.2 Å². The molecule has 1 aromatic carbocycles. The van der Waals surface area contributed by atoms with Gasteiger partial charge in [-0.25, -0.2) is 0 Å². The molecule has 0 unspecified atom stereocenters. The fraction of sp³-hybridized carbons (Fsp3) is 0.308. The average Bonchev–Trinajstić information content (AvgIpc) is 2.41. The van der Waals surface area contributed by atoms with Crippen molar-refractivity contribution in [1.82, 2.24) is 20.1 Å². The third kappa shape index (κ3) is 4.64. The Morgan fingerprint density at radius 2 is 1.95 bits per heavy atom. The van der Waals surface area contributed by atoms with Crippen LogP contribution in [0.5, 0.6) is 0 Å². The molecule has 20 heavy (non-hydrogen) atoms. The Bertz CT molecular complexity index is 543. The summed E-state index contributed by atoms with van der Waals surface area (Å²) in [6.45, 7) is 1.72. The predicted molar refractivity (Wildman–Crippen MR) is 81.6 cm³/mol. The third-order valence-corrected chi connectivity index (χ3v) is 2.78. The maximum absolute atomic E-state index is 5.84. The van der Waals surface area contributed by atoms with Crippen molar-refractivity contribution >= 4 is 29.1 Å². The van der Waals surface area contributed by atoms with Gasteiger partial charge in [0.1, 0.15) is 0 Å². The smallest absolute Gasteiger partial charge is 0.249 e. The van der Waals surface area contributed by atoms with Gasteiger partial charge in [0.25, 0.3) is 0 Å². The van der Waals surface area contributed by atoms with E-state index in [4.69, 9.17) is 11.6 Å². The number of likely N-dealkylation sites (N-methyl/N-ethyl adjacent to an activating group) is 1. The summed E-state index contributed by atoms with van der Waals surface area (Å²) < 4.78 is 0. The second-order valence-corrected chi connectivity index (χ2v) is 4.96. The first-order chi connectivity index (χ1) is 9.63. The minimum atomic E-state index is 0.446. The number of hydrogen-bond donors (Lipinski definition) is 2.